The molecular weight excluding hydrogens is 620 g/mol. The molecule has 4 atom stereocenters. The number of ketones is 2. The minimum absolute atomic E-state index is 0.180. The number of hydrogen-bond donors (Lipinski definition) is 2. The first kappa shape index (κ1) is 28.2. The molecule has 0 radical (unpaired) electrons. The van der Waals surface area contributed by atoms with Gasteiger partial charge < -0.3 is 10.4 Å². The maximum absolute atomic E-state index is 14.2. The number of aromatic hydroxyl groups is 1. The Hall–Kier alpha value is -4.56. The first-order valence-corrected chi connectivity index (χ1v) is 15.4. The number of phenols is 1. The van der Waals surface area contributed by atoms with Gasteiger partial charge in [-0.05, 0) is 102 Å². The second-order valence-corrected chi connectivity index (χ2v) is 12.8. The van der Waals surface area contributed by atoms with Crippen LogP contribution in [0.5, 0.6) is 5.75 Å². The topological polar surface area (TPSA) is 104 Å². The van der Waals surface area contributed by atoms with Crippen LogP contribution in [-0.2, 0) is 19.2 Å². The predicted molar refractivity (Wildman–Crippen MR) is 171 cm³/mol. The number of allylic oxidation sites excluding steroid dienone is 6. The van der Waals surface area contributed by atoms with Crippen LogP contribution in [0.4, 0.5) is 17.1 Å². The maximum atomic E-state index is 14.2. The fraction of sp³-hybridized carbons (Fsp3) is 0.222. The molecule has 2 N–H and O–H groups in total. The summed E-state index contributed by atoms with van der Waals surface area (Å²) in [6.45, 7) is 3.60. The lowest BCUT2D eigenvalue weighted by Gasteiger charge is -2.42. The van der Waals surface area contributed by atoms with Crippen molar-refractivity contribution in [1.29, 1.82) is 0 Å². The number of fused-ring (bicyclic) bond motifs is 3. The Kier molecular flexibility index (Phi) is 6.77. The molecule has 7 rings (SSSR count). The van der Waals surface area contributed by atoms with Gasteiger partial charge in [-0.3, -0.25) is 24.1 Å². The van der Waals surface area contributed by atoms with Crippen molar-refractivity contribution in [2.45, 2.75) is 32.6 Å². The van der Waals surface area contributed by atoms with Gasteiger partial charge in [0, 0.05) is 34.5 Å². The second-order valence-electron chi connectivity index (χ2n) is 11.9. The summed E-state index contributed by atoms with van der Waals surface area (Å²) in [5, 5.41) is 13.8. The molecule has 3 aliphatic carbocycles. The Labute approximate surface area is 263 Å². The van der Waals surface area contributed by atoms with E-state index in [0.29, 0.717) is 34.4 Å². The third-order valence-electron chi connectivity index (χ3n) is 9.37. The van der Waals surface area contributed by atoms with Gasteiger partial charge in [-0.1, -0.05) is 42.0 Å². The van der Waals surface area contributed by atoms with Gasteiger partial charge in [-0.15, -0.1) is 0 Å². The predicted octanol–water partition coefficient (Wildman–Crippen LogP) is 6.72. The molecule has 220 valence electrons. The number of halogens is 1. The number of nitrogens with one attached hydrogen (secondary N) is 1. The minimum atomic E-state index is -0.659. The standard InChI is InChI=1S/C36H29BrN2O5/c1-18-14-20(15-19(2)33(18)41)30-24-12-13-25-31(26(24)16-27-32(30)29(40)17-28(37)34(27)42)36(44)39(35(25)43)23-10-8-22(9-11-23)38-21-6-4-3-5-7-21/h3-12,14-15,17,25-26,30-31,38,41H,13,16H2,1-2H3. The number of para-hydroxylation sites is 1. The van der Waals surface area contributed by atoms with Crippen LogP contribution < -0.4 is 10.2 Å². The van der Waals surface area contributed by atoms with Crippen LogP contribution in [0.1, 0.15) is 35.4 Å². The van der Waals surface area contributed by atoms with E-state index in [-0.39, 0.29) is 40.0 Å². The smallest absolute Gasteiger partial charge is 0.238 e. The zero-order valence-corrected chi connectivity index (χ0v) is 25.7. The van der Waals surface area contributed by atoms with Gasteiger partial charge in [0.05, 0.1) is 22.0 Å². The number of anilines is 3. The Morgan fingerprint density at radius 1 is 0.864 bits per heavy atom. The quantitative estimate of drug-likeness (QED) is 0.185. The third kappa shape index (κ3) is 4.39. The lowest BCUT2D eigenvalue weighted by atomic mass is 9.59. The summed E-state index contributed by atoms with van der Waals surface area (Å²) >= 11 is 3.27. The molecule has 44 heavy (non-hydrogen) atoms. The molecule has 1 aliphatic heterocycles. The number of benzene rings is 3. The van der Waals surface area contributed by atoms with Crippen molar-refractivity contribution in [2.75, 3.05) is 10.2 Å². The minimum Gasteiger partial charge on any atom is -0.507 e. The number of amides is 2. The monoisotopic (exact) mass is 648 g/mol. The molecule has 0 spiro atoms. The molecule has 2 amide bonds. The van der Waals surface area contributed by atoms with Crippen molar-refractivity contribution in [2.24, 2.45) is 17.8 Å². The Bertz CT molecular complexity index is 1850. The summed E-state index contributed by atoms with van der Waals surface area (Å²) in [6, 6.07) is 20.6. The van der Waals surface area contributed by atoms with Crippen LogP contribution in [0, 0.1) is 31.6 Å². The number of nitrogens with zero attached hydrogens (tertiary/aromatic N) is 1. The SMILES string of the molecule is Cc1cc(C2C3=CCC4C(=O)N(c5ccc(Nc6ccccc6)cc5)C(=O)C4C3CC3=C2C(=O)C=C(Br)C3=O)cc(C)c1O. The average Bonchev–Trinajstić information content (AvgIpc) is 3.27. The lowest BCUT2D eigenvalue weighted by Crippen LogP contribution is -2.39. The number of rotatable bonds is 4. The van der Waals surface area contributed by atoms with Crippen molar-refractivity contribution in [3.63, 3.8) is 0 Å². The van der Waals surface area contributed by atoms with Gasteiger partial charge in [0.1, 0.15) is 5.75 Å². The fourth-order valence-electron chi connectivity index (χ4n) is 7.38. The number of Topliss-reactive ketones (excluding diaryl/α,β-unsaturated/α-hetero) is 1. The highest BCUT2D eigenvalue weighted by Crippen LogP contribution is 2.56. The Morgan fingerprint density at radius 2 is 1.52 bits per heavy atom. The van der Waals surface area contributed by atoms with Crippen molar-refractivity contribution in [3.05, 3.63) is 117 Å². The number of carbonyl (C=O) groups excluding carboxylic acids is 4. The number of hydrogen-bond acceptors (Lipinski definition) is 6. The van der Waals surface area contributed by atoms with E-state index in [1.807, 2.05) is 60.7 Å². The zero-order chi connectivity index (χ0) is 30.9. The molecule has 8 heteroatoms. The summed E-state index contributed by atoms with van der Waals surface area (Å²) in [5.74, 6) is -3.08. The number of phenolic OH excluding ortho intramolecular Hbond substituents is 1. The van der Waals surface area contributed by atoms with E-state index in [0.717, 1.165) is 22.5 Å². The van der Waals surface area contributed by atoms with Crippen molar-refractivity contribution >= 4 is 56.4 Å². The molecule has 0 aromatic heterocycles. The number of carbonyl (C=O) groups is 4. The van der Waals surface area contributed by atoms with Crippen LogP contribution in [-0.4, -0.2) is 28.5 Å². The lowest BCUT2D eigenvalue weighted by molar-refractivity contribution is -0.123. The molecule has 1 fully saturated rings. The first-order valence-electron chi connectivity index (χ1n) is 14.6. The molecule has 3 aromatic rings. The molecule has 0 bridgehead atoms. The van der Waals surface area contributed by atoms with Crippen LogP contribution >= 0.6 is 15.9 Å². The molecule has 4 unspecified atom stereocenters. The molecule has 1 saturated heterocycles. The largest absolute Gasteiger partial charge is 0.507 e. The number of imide groups is 1. The van der Waals surface area contributed by atoms with Crippen LogP contribution in [0.25, 0.3) is 0 Å². The van der Waals surface area contributed by atoms with E-state index in [4.69, 9.17) is 0 Å². The molecule has 1 heterocycles. The van der Waals surface area contributed by atoms with Crippen LogP contribution in [0.3, 0.4) is 0 Å². The van der Waals surface area contributed by atoms with E-state index in [1.54, 1.807) is 26.0 Å². The molecule has 4 aliphatic rings. The third-order valence-corrected chi connectivity index (χ3v) is 9.95. The summed E-state index contributed by atoms with van der Waals surface area (Å²) < 4.78 is 0.192. The summed E-state index contributed by atoms with van der Waals surface area (Å²) in [7, 11) is 0. The maximum Gasteiger partial charge on any atom is 0.238 e. The van der Waals surface area contributed by atoms with Gasteiger partial charge in [-0.2, -0.15) is 0 Å². The normalized spacial score (nSPS) is 24.5. The average molecular weight is 650 g/mol. The van der Waals surface area contributed by atoms with Gasteiger partial charge in [-0.25, -0.2) is 0 Å². The summed E-state index contributed by atoms with van der Waals surface area (Å²) in [6.07, 6.45) is 3.89. The van der Waals surface area contributed by atoms with Gasteiger partial charge in [0.25, 0.3) is 0 Å². The summed E-state index contributed by atoms with van der Waals surface area (Å²) in [5.41, 5.74) is 6.04. The fourth-order valence-corrected chi connectivity index (χ4v) is 7.83. The van der Waals surface area contributed by atoms with E-state index in [1.165, 1.54) is 11.0 Å². The molecule has 7 nitrogen and oxygen atoms in total. The zero-order valence-electron chi connectivity index (χ0n) is 24.1. The van der Waals surface area contributed by atoms with Crippen LogP contribution in [0.2, 0.25) is 0 Å². The Morgan fingerprint density at radius 3 is 2.20 bits per heavy atom. The highest BCUT2D eigenvalue weighted by atomic mass is 79.9. The first-order chi connectivity index (χ1) is 21.1. The second kappa shape index (κ2) is 10.6. The molecule has 3 aromatic carbocycles. The highest BCUT2D eigenvalue weighted by Gasteiger charge is 2.56. The summed E-state index contributed by atoms with van der Waals surface area (Å²) in [4.78, 5) is 56.2. The molecular formula is C36H29BrN2O5. The van der Waals surface area contributed by atoms with Crippen molar-refractivity contribution in [3.8, 4) is 5.75 Å². The van der Waals surface area contributed by atoms with E-state index in [9.17, 15) is 24.3 Å². The van der Waals surface area contributed by atoms with Gasteiger partial charge >= 0.3 is 0 Å². The van der Waals surface area contributed by atoms with Gasteiger partial charge in [0.15, 0.2) is 11.6 Å². The Balaban J connectivity index is 1.26. The van der Waals surface area contributed by atoms with Crippen LogP contribution in [0.15, 0.2) is 100 Å². The number of aryl methyl sites for hydroxylation is 2. The highest BCUT2D eigenvalue weighted by molar-refractivity contribution is 9.12. The van der Waals surface area contributed by atoms with E-state index >= 15 is 0 Å². The molecule has 0 saturated carbocycles. The van der Waals surface area contributed by atoms with Gasteiger partial charge in [0.2, 0.25) is 11.8 Å². The van der Waals surface area contributed by atoms with E-state index in [2.05, 4.69) is 21.2 Å². The van der Waals surface area contributed by atoms with Crippen molar-refractivity contribution in [1.82, 2.24) is 0 Å². The van der Waals surface area contributed by atoms with Crippen molar-refractivity contribution < 1.29 is 24.3 Å². The van der Waals surface area contributed by atoms with E-state index < -0.39 is 23.7 Å².